The van der Waals surface area contributed by atoms with Crippen molar-refractivity contribution in [1.82, 2.24) is 52.0 Å². The molecule has 3 aromatic carbocycles. The zero-order valence-electron chi connectivity index (χ0n) is 73.9. The summed E-state index contributed by atoms with van der Waals surface area (Å²) in [5.41, 5.74) is 26.6. The fraction of sp³-hybridized carbons (Fsp3) is 0.595. The number of hydrogen-bond donors (Lipinski definition) is 13. The number of aliphatic hydroxyl groups is 1. The van der Waals surface area contributed by atoms with Crippen molar-refractivity contribution in [3.63, 3.8) is 0 Å². The smallest absolute Gasteiger partial charge is 0.244 e. The summed E-state index contributed by atoms with van der Waals surface area (Å²) in [5.74, 6) is 2.79. The van der Waals surface area contributed by atoms with Gasteiger partial charge in [0.1, 0.15) is 80.0 Å². The Hall–Kier alpha value is -8.20. The Bertz CT molecular complexity index is 1780. The summed E-state index contributed by atoms with van der Waals surface area (Å²) in [4.78, 5) is 130. The van der Waals surface area contributed by atoms with Crippen molar-refractivity contribution in [3.05, 3.63) is 108 Å². The third-order valence-electron chi connectivity index (χ3n) is 11.2. The first-order valence-electron chi connectivity index (χ1n) is 33.9. The number of likely N-dealkylation sites (N-methyl/N-ethyl adjacent to an activating group) is 1. The van der Waals surface area contributed by atoms with E-state index in [1.807, 2.05) is 136 Å². The van der Waals surface area contributed by atoms with Crippen molar-refractivity contribution in [2.75, 3.05) is 48.3 Å². The van der Waals surface area contributed by atoms with Crippen LogP contribution in [-0.2, 0) is 86.4 Å². The number of aliphatic hydroxyl groups excluding tert-OH is 1. The summed E-state index contributed by atoms with van der Waals surface area (Å²) in [5, 5.41) is 10.9. The number of likely N-dealkylation sites (tertiary alicyclic amines) is 1. The van der Waals surface area contributed by atoms with Crippen LogP contribution in [0.3, 0.4) is 0 Å². The highest BCUT2D eigenvalue weighted by Gasteiger charge is 2.30. The molecule has 0 radical (unpaired) electrons. The molecule has 1 aliphatic rings. The third kappa shape index (κ3) is 205. The van der Waals surface area contributed by atoms with E-state index in [2.05, 4.69) is 174 Å². The van der Waals surface area contributed by atoms with E-state index in [4.69, 9.17) is 58.8 Å². The van der Waals surface area contributed by atoms with E-state index in [0.717, 1.165) is 80.8 Å². The summed E-state index contributed by atoms with van der Waals surface area (Å²) in [6.07, 6.45) is 12.3. The van der Waals surface area contributed by atoms with Gasteiger partial charge in [-0.1, -0.05) is 234 Å². The molecule has 0 aliphatic carbocycles. The molecule has 29 nitrogen and oxygen atoms in total. The van der Waals surface area contributed by atoms with E-state index in [9.17, 15) is 19.2 Å². The lowest BCUT2D eigenvalue weighted by Gasteiger charge is -2.31. The van der Waals surface area contributed by atoms with Crippen molar-refractivity contribution in [2.45, 2.75) is 241 Å². The van der Waals surface area contributed by atoms with Gasteiger partial charge in [0.15, 0.2) is 0 Å². The first-order chi connectivity index (χ1) is 48.8. The first kappa shape index (κ1) is 179. The second-order valence-electron chi connectivity index (χ2n) is 20.1. The van der Waals surface area contributed by atoms with Crippen LogP contribution in [0.25, 0.3) is 0 Å². The van der Waals surface area contributed by atoms with E-state index >= 15 is 0 Å². The molecule has 4 rings (SSSR count). The van der Waals surface area contributed by atoms with E-state index in [-0.39, 0.29) is 70.9 Å². The van der Waals surface area contributed by atoms with Gasteiger partial charge in [0, 0.05) is 50.3 Å². The van der Waals surface area contributed by atoms with Gasteiger partial charge in [-0.3, -0.25) is 19.2 Å². The van der Waals surface area contributed by atoms with Gasteiger partial charge in [0.05, 0.1) is 0 Å². The molecule has 108 heavy (non-hydrogen) atoms. The van der Waals surface area contributed by atoms with Crippen molar-refractivity contribution < 1.29 is 76.5 Å². The van der Waals surface area contributed by atoms with Crippen molar-refractivity contribution in [1.29, 1.82) is 0 Å². The number of amides is 4. The van der Waals surface area contributed by atoms with Gasteiger partial charge in [0.2, 0.25) is 23.6 Å². The highest BCUT2D eigenvalue weighted by Crippen LogP contribution is 2.12. The fourth-order valence-corrected chi connectivity index (χ4v) is 4.90. The lowest BCUT2D eigenvalue weighted by Crippen LogP contribution is -2.54. The second kappa shape index (κ2) is 194. The zero-order valence-corrected chi connectivity index (χ0v) is 73.9. The summed E-state index contributed by atoms with van der Waals surface area (Å²) in [6.45, 7) is 64.9. The molecular weight excluding hydrogens is 1380 g/mol. The van der Waals surface area contributed by atoms with Crippen molar-refractivity contribution in [3.8, 4) is 0 Å². The molecule has 0 spiro atoms. The first-order valence-corrected chi connectivity index (χ1v) is 33.9. The maximum Gasteiger partial charge on any atom is 0.244 e. The van der Waals surface area contributed by atoms with Crippen LogP contribution in [0.15, 0.2) is 91.0 Å². The standard InChI is InChI=1S/C20H29N3O3.2C8H10.4C5H12.C4H9NO.C3H8O.C2H6.4CH5N.10CH2O.6H3N.3H2/c1-15(20(26)23-12-8-5-9-13-23)21-19(25)18(22(3)16(2)24)14-17-10-6-4-7-11-17;2*1-2-8-6-4-3-5-7-8;4*1-4-5(2)3;1-2-3-4(5)6;1-3(2)4;15*1-2;;;;;;;;;/h4,6-7,10-11,15,18H,5,8-9,12-14H2,1-3H3,(H,21,25);2*3-7H,2H2,1H3;4*5H,4H2,1-3H3;2-3H2,1H3,(H2,5,6);3-4H,1-2H3;1-2H3;4*2H2,1H3;10*1H2;6*1H3;3*1H/t15-,18-;;;;;;;;;;;;;;;;;;;;;;;;;;;;;;;;/m0................................/s1. The fourth-order valence-electron chi connectivity index (χ4n) is 4.90. The van der Waals surface area contributed by atoms with Gasteiger partial charge in [-0.05, 0) is 128 Å². The van der Waals surface area contributed by atoms with Crippen LogP contribution < -0.4 is 70.9 Å². The molecule has 30 N–H and O–H groups in total. The average molecular weight is 1570 g/mol. The summed E-state index contributed by atoms with van der Waals surface area (Å²) >= 11 is 0. The number of piperidine rings is 1. The van der Waals surface area contributed by atoms with E-state index in [0.29, 0.717) is 12.8 Å². The van der Waals surface area contributed by atoms with Gasteiger partial charge >= 0.3 is 0 Å². The molecule has 1 aliphatic heterocycles. The quantitative estimate of drug-likeness (QED) is 0.0713. The molecule has 0 bridgehead atoms. The second-order valence-corrected chi connectivity index (χ2v) is 20.1. The maximum atomic E-state index is 12.8. The van der Waals surface area contributed by atoms with Crippen molar-refractivity contribution in [2.24, 2.45) is 52.3 Å². The molecule has 0 saturated carbocycles. The number of rotatable bonds is 14. The molecule has 3 aromatic rings. The maximum absolute atomic E-state index is 12.8. The highest BCUT2D eigenvalue weighted by molar-refractivity contribution is 5.91. The Balaban J connectivity index is -0.0000000254. The number of nitrogens with two attached hydrogens (primary N) is 5. The molecule has 1 saturated heterocycles. The van der Waals surface area contributed by atoms with Crippen LogP contribution in [0.4, 0.5) is 0 Å². The lowest BCUT2D eigenvalue weighted by atomic mass is 10.0. The number of primary amides is 1. The molecular formula is C79H184N14O15. The van der Waals surface area contributed by atoms with Gasteiger partial charge in [0.25, 0.3) is 0 Å². The van der Waals surface area contributed by atoms with Crippen LogP contribution in [0.5, 0.6) is 0 Å². The predicted molar refractivity (Wildman–Crippen MR) is 474 cm³/mol. The van der Waals surface area contributed by atoms with E-state index in [1.165, 1.54) is 76.8 Å². The Morgan fingerprint density at radius 2 is 0.639 bits per heavy atom. The SMILES string of the molecule is C=O.C=O.C=O.C=O.C=O.C=O.C=O.C=O.C=O.C=O.CC.CC(=O)N(C)[C@@H](Cc1ccccc1)C(=O)N[C@@H](C)C(=O)N1CCCCC1.CC(C)O.CCC(C)C.CCC(C)C.CCC(C)C.CCC(C)C.CCCC(N)=O.CCc1ccccc1.CCc1ccccc1.CN.CN.CN.CN.N.N.N.N.N.N.[HH].[HH].[HH]. The highest BCUT2D eigenvalue weighted by atomic mass is 16.3. The minimum atomic E-state index is -0.647. The molecule has 0 aromatic heterocycles. The number of nitrogens with one attached hydrogen (secondary N) is 1. The zero-order chi connectivity index (χ0) is 86.5. The minimum absolute atomic E-state index is 0. The Kier molecular flexibility index (Phi) is 321. The number of benzene rings is 3. The molecule has 29 heteroatoms. The van der Waals surface area contributed by atoms with Gasteiger partial charge in [-0.15, -0.1) is 0 Å². The van der Waals surface area contributed by atoms with Crippen LogP contribution in [0, 0.1) is 23.7 Å². The van der Waals surface area contributed by atoms with Crippen LogP contribution in [0.1, 0.15) is 224 Å². The predicted octanol–water partition coefficient (Wildman–Crippen LogP) is 14.1. The summed E-state index contributed by atoms with van der Waals surface area (Å²) in [6, 6.07) is 29.2. The Morgan fingerprint density at radius 1 is 0.435 bits per heavy atom. The van der Waals surface area contributed by atoms with Gasteiger partial charge in [-0.2, -0.15) is 0 Å². The van der Waals surface area contributed by atoms with E-state index in [1.54, 1.807) is 27.8 Å². The molecule has 1 heterocycles. The Labute approximate surface area is 666 Å². The monoisotopic (exact) mass is 1570 g/mol. The van der Waals surface area contributed by atoms with Gasteiger partial charge < -0.3 is 134 Å². The number of aryl methyl sites for hydroxylation is 2. The molecule has 2 atom stereocenters. The number of hydrogen-bond acceptors (Lipinski definition) is 25. The largest absolute Gasteiger partial charge is 0.394 e. The van der Waals surface area contributed by atoms with Crippen LogP contribution in [0.2, 0.25) is 0 Å². The summed E-state index contributed by atoms with van der Waals surface area (Å²) in [7, 11) is 7.62. The normalized spacial score (nSPS) is 8.54. The lowest BCUT2D eigenvalue weighted by molar-refractivity contribution is -0.140. The number of carbonyl (C=O) groups excluding carboxylic acids is 14. The van der Waals surface area contributed by atoms with Crippen LogP contribution in [-0.4, -0.2) is 173 Å². The molecule has 0 unspecified atom stereocenters. The average Bonchev–Trinajstić information content (AvgIpc) is 0.851. The molecule has 1 fully saturated rings. The van der Waals surface area contributed by atoms with Gasteiger partial charge in [-0.25, -0.2) is 0 Å². The number of nitrogens with zero attached hydrogens (tertiary/aromatic N) is 2. The third-order valence-corrected chi connectivity index (χ3v) is 11.2. The van der Waals surface area contributed by atoms with Crippen molar-refractivity contribution >= 4 is 91.5 Å². The van der Waals surface area contributed by atoms with Crippen LogP contribution >= 0.6 is 0 Å². The topological polar surface area (TPSA) is 618 Å². The minimum Gasteiger partial charge on any atom is -0.394 e. The summed E-state index contributed by atoms with van der Waals surface area (Å²) < 4.78 is 0. The Morgan fingerprint density at radius 3 is 0.787 bits per heavy atom. The molecule has 660 valence electrons. The number of carbonyl (C=O) groups is 14. The van der Waals surface area contributed by atoms with E-state index < -0.39 is 12.1 Å². The molecule has 4 amide bonds.